The fraction of sp³-hybridized carbons (Fsp3) is 0.355. The smallest absolute Gasteiger partial charge is 0.439 e. The summed E-state index contributed by atoms with van der Waals surface area (Å²) < 4.78 is 39.4. The topological polar surface area (TPSA) is 121 Å². The lowest BCUT2D eigenvalue weighted by Crippen LogP contribution is -2.34. The van der Waals surface area contributed by atoms with Crippen LogP contribution in [0.15, 0.2) is 58.0 Å². The molecule has 3 aromatic heterocycles. The third kappa shape index (κ3) is 5.23. The van der Waals surface area contributed by atoms with Crippen LogP contribution in [0.4, 0.5) is 4.39 Å². The summed E-state index contributed by atoms with van der Waals surface area (Å²) in [6.45, 7) is 5.19. The van der Waals surface area contributed by atoms with E-state index in [1.807, 2.05) is 18.2 Å². The maximum Gasteiger partial charge on any atom is 0.439 e. The van der Waals surface area contributed by atoms with Gasteiger partial charge in [-0.1, -0.05) is 28.9 Å². The van der Waals surface area contributed by atoms with E-state index in [-0.39, 0.29) is 5.92 Å². The minimum absolute atomic E-state index is 0.253. The average molecular weight is 621 g/mol. The van der Waals surface area contributed by atoms with Crippen molar-refractivity contribution >= 4 is 22.8 Å². The van der Waals surface area contributed by atoms with Gasteiger partial charge in [0.2, 0.25) is 0 Å². The van der Waals surface area contributed by atoms with Gasteiger partial charge in [-0.15, -0.1) is 0 Å². The number of rotatable bonds is 8. The summed E-state index contributed by atoms with van der Waals surface area (Å²) in [4.78, 5) is 25.9. The Kier molecular flexibility index (Phi) is 7.35. The molecule has 1 saturated heterocycles. The summed E-state index contributed by atoms with van der Waals surface area (Å²) in [7, 11) is 1.67. The molecule has 13 heteroatoms. The van der Waals surface area contributed by atoms with Crippen molar-refractivity contribution in [2.45, 2.75) is 44.6 Å². The van der Waals surface area contributed by atoms with Gasteiger partial charge < -0.3 is 18.8 Å². The van der Waals surface area contributed by atoms with E-state index in [1.54, 1.807) is 32.4 Å². The van der Waals surface area contributed by atoms with Gasteiger partial charge in [0.05, 0.1) is 18.7 Å². The van der Waals surface area contributed by atoms with E-state index >= 15 is 0 Å². The van der Waals surface area contributed by atoms with Crippen LogP contribution in [-0.2, 0) is 23.6 Å². The van der Waals surface area contributed by atoms with Crippen LogP contribution >= 0.6 is 11.6 Å². The lowest BCUT2D eigenvalue weighted by Gasteiger charge is -2.32. The molecule has 2 aliphatic heterocycles. The van der Waals surface area contributed by atoms with Crippen LogP contribution in [0, 0.1) is 5.82 Å². The van der Waals surface area contributed by atoms with E-state index in [0.29, 0.717) is 58.7 Å². The number of hydrogen-bond donors (Lipinski definition) is 1. The van der Waals surface area contributed by atoms with Crippen molar-refractivity contribution in [2.24, 2.45) is 0 Å². The van der Waals surface area contributed by atoms with Gasteiger partial charge in [-0.3, -0.25) is 14.4 Å². The van der Waals surface area contributed by atoms with Gasteiger partial charge in [-0.2, -0.15) is 0 Å². The zero-order valence-corrected chi connectivity index (χ0v) is 24.9. The van der Waals surface area contributed by atoms with Crippen LogP contribution in [0.3, 0.4) is 0 Å². The van der Waals surface area contributed by atoms with Gasteiger partial charge in [0.25, 0.3) is 5.79 Å². The van der Waals surface area contributed by atoms with Gasteiger partial charge in [-0.25, -0.2) is 19.2 Å². The van der Waals surface area contributed by atoms with Crippen molar-refractivity contribution in [2.75, 3.05) is 26.8 Å². The van der Waals surface area contributed by atoms with Crippen LogP contribution < -0.4 is 15.2 Å². The number of aromatic amines is 1. The Labute approximate surface area is 256 Å². The summed E-state index contributed by atoms with van der Waals surface area (Å²) in [5.41, 5.74) is 3.41. The van der Waals surface area contributed by atoms with Gasteiger partial charge in [0, 0.05) is 42.9 Å². The van der Waals surface area contributed by atoms with Crippen molar-refractivity contribution < 1.29 is 23.1 Å². The number of halogens is 2. The first-order chi connectivity index (χ1) is 21.3. The number of aromatic nitrogens is 5. The maximum atomic E-state index is 14.8. The average Bonchev–Trinajstić information content (AvgIpc) is 3.70. The van der Waals surface area contributed by atoms with Crippen LogP contribution in [0.25, 0.3) is 22.6 Å². The number of imidazole rings is 1. The number of para-hydroxylation sites is 1. The molecule has 11 nitrogen and oxygen atoms in total. The van der Waals surface area contributed by atoms with Crippen molar-refractivity contribution in [3.05, 3.63) is 87.0 Å². The highest BCUT2D eigenvalue weighted by atomic mass is 35.5. The normalized spacial score (nSPS) is 18.8. The number of methoxy groups -OCH3 is 1. The SMILES string of the molecule is COCCn1c(CN2CCC(c3cccc4c3OC(C)(c3ccc(Cl)cc3F)O4)CC2)nc2cc(-c3noc(=O)[nH]3)cnc21. The summed E-state index contributed by atoms with van der Waals surface area (Å²) in [6, 6.07) is 12.2. The molecule has 2 aromatic carbocycles. The van der Waals surface area contributed by atoms with Gasteiger partial charge in [0.15, 0.2) is 23.0 Å². The molecule has 0 amide bonds. The van der Waals surface area contributed by atoms with E-state index in [4.69, 9.17) is 30.8 Å². The van der Waals surface area contributed by atoms with E-state index in [2.05, 4.69) is 35.2 Å². The zero-order chi connectivity index (χ0) is 30.4. The first-order valence-electron chi connectivity index (χ1n) is 14.4. The van der Waals surface area contributed by atoms with Gasteiger partial charge in [0.1, 0.15) is 17.2 Å². The molecular formula is C31H30ClFN6O5. The summed E-state index contributed by atoms with van der Waals surface area (Å²) in [6.07, 6.45) is 3.46. The van der Waals surface area contributed by atoms with Crippen LogP contribution in [0.2, 0.25) is 5.02 Å². The fourth-order valence-corrected chi connectivity index (χ4v) is 6.28. The minimum atomic E-state index is -1.29. The Morgan fingerprint density at radius 3 is 2.77 bits per heavy atom. The molecule has 44 heavy (non-hydrogen) atoms. The number of nitrogens with zero attached hydrogens (tertiary/aromatic N) is 5. The van der Waals surface area contributed by atoms with E-state index in [1.165, 1.54) is 6.07 Å². The largest absolute Gasteiger partial charge is 0.444 e. The number of H-pyrrole nitrogens is 1. The lowest BCUT2D eigenvalue weighted by atomic mass is 9.88. The number of nitrogens with one attached hydrogen (secondary N) is 1. The number of ether oxygens (including phenoxy) is 3. The van der Waals surface area contributed by atoms with Crippen molar-refractivity contribution in [3.8, 4) is 22.9 Å². The fourth-order valence-electron chi connectivity index (χ4n) is 6.12. The Balaban J connectivity index is 1.08. The number of piperidine rings is 1. The lowest BCUT2D eigenvalue weighted by molar-refractivity contribution is -0.0712. The molecule has 228 valence electrons. The molecule has 7 rings (SSSR count). The maximum absolute atomic E-state index is 14.8. The summed E-state index contributed by atoms with van der Waals surface area (Å²) >= 11 is 5.97. The Morgan fingerprint density at radius 2 is 2.02 bits per heavy atom. The van der Waals surface area contributed by atoms with E-state index in [0.717, 1.165) is 43.0 Å². The second kappa shape index (κ2) is 11.3. The first-order valence-corrected chi connectivity index (χ1v) is 14.8. The quantitative estimate of drug-likeness (QED) is 0.248. The third-order valence-electron chi connectivity index (χ3n) is 8.32. The summed E-state index contributed by atoms with van der Waals surface area (Å²) in [5, 5.41) is 4.08. The number of benzene rings is 2. The number of pyridine rings is 1. The number of hydrogen-bond acceptors (Lipinski definition) is 9. The first kappa shape index (κ1) is 28.5. The number of likely N-dealkylation sites (tertiary alicyclic amines) is 1. The van der Waals surface area contributed by atoms with Crippen molar-refractivity contribution in [1.29, 1.82) is 0 Å². The minimum Gasteiger partial charge on any atom is -0.444 e. The summed E-state index contributed by atoms with van der Waals surface area (Å²) in [5.74, 6) is 0.328. The molecule has 0 saturated carbocycles. The van der Waals surface area contributed by atoms with Crippen molar-refractivity contribution in [3.63, 3.8) is 0 Å². The molecule has 1 fully saturated rings. The molecule has 1 atom stereocenters. The molecule has 1 N–H and O–H groups in total. The third-order valence-corrected chi connectivity index (χ3v) is 8.56. The zero-order valence-electron chi connectivity index (χ0n) is 24.2. The Morgan fingerprint density at radius 1 is 1.18 bits per heavy atom. The Bertz CT molecular complexity index is 1900. The highest BCUT2D eigenvalue weighted by Crippen LogP contribution is 2.49. The van der Waals surface area contributed by atoms with Gasteiger partial charge in [-0.05, 0) is 62.2 Å². The van der Waals surface area contributed by atoms with E-state index < -0.39 is 17.4 Å². The predicted molar refractivity (Wildman–Crippen MR) is 159 cm³/mol. The Hall–Kier alpha value is -4.26. The second-order valence-electron chi connectivity index (χ2n) is 11.2. The monoisotopic (exact) mass is 620 g/mol. The molecule has 0 radical (unpaired) electrons. The standard InChI is InChI=1S/C31H30ClFN6O5/c1-31(22-7-6-20(32)15-23(22)33)42-25-5-3-4-21(27(25)43-31)18-8-10-38(11-9-18)17-26-35-24-14-19(28-36-30(40)44-37-28)16-34-29(24)39(26)12-13-41-2/h3-7,14-16,18H,8-13,17H2,1-2H3,(H,36,37,40). The molecule has 0 spiro atoms. The van der Waals surface area contributed by atoms with Crippen LogP contribution in [-0.4, -0.2) is 56.4 Å². The van der Waals surface area contributed by atoms with Crippen LogP contribution in [0.1, 0.15) is 42.6 Å². The highest BCUT2D eigenvalue weighted by molar-refractivity contribution is 6.30. The molecular weight excluding hydrogens is 591 g/mol. The van der Waals surface area contributed by atoms with Crippen molar-refractivity contribution in [1.82, 2.24) is 29.6 Å². The molecule has 5 aromatic rings. The molecule has 0 bridgehead atoms. The highest BCUT2D eigenvalue weighted by Gasteiger charge is 2.43. The predicted octanol–water partition coefficient (Wildman–Crippen LogP) is 5.24. The van der Waals surface area contributed by atoms with Gasteiger partial charge >= 0.3 is 5.76 Å². The molecule has 0 aliphatic carbocycles. The van der Waals surface area contributed by atoms with Crippen LogP contribution in [0.5, 0.6) is 11.5 Å². The second-order valence-corrected chi connectivity index (χ2v) is 11.6. The number of fused-ring (bicyclic) bond motifs is 2. The molecule has 1 unspecified atom stereocenters. The van der Waals surface area contributed by atoms with E-state index in [9.17, 15) is 9.18 Å². The molecule has 5 heterocycles. The molecule has 2 aliphatic rings.